The monoisotopic (exact) mass is 271 g/mol. The zero-order valence-corrected chi connectivity index (χ0v) is 11.9. The van der Waals surface area contributed by atoms with Crippen molar-refractivity contribution in [2.75, 3.05) is 5.73 Å². The Hall–Kier alpha value is -1.91. The van der Waals surface area contributed by atoms with E-state index in [1.54, 1.807) is 6.20 Å². The highest BCUT2D eigenvalue weighted by Gasteiger charge is 2.20. The summed E-state index contributed by atoms with van der Waals surface area (Å²) in [5.74, 6) is 1.81. The van der Waals surface area contributed by atoms with E-state index in [0.29, 0.717) is 17.6 Å². The van der Waals surface area contributed by atoms with E-state index in [1.165, 1.54) is 25.7 Å². The second-order valence-electron chi connectivity index (χ2n) is 5.46. The topological polar surface area (TPSA) is 69.6 Å². The van der Waals surface area contributed by atoms with Gasteiger partial charge in [0.25, 0.3) is 0 Å². The summed E-state index contributed by atoms with van der Waals surface area (Å²) >= 11 is 0. The Balaban J connectivity index is 1.98. The van der Waals surface area contributed by atoms with Crippen molar-refractivity contribution in [3.63, 3.8) is 0 Å². The molecule has 20 heavy (non-hydrogen) atoms. The van der Waals surface area contributed by atoms with Crippen molar-refractivity contribution in [1.29, 1.82) is 0 Å². The van der Waals surface area contributed by atoms with Crippen molar-refractivity contribution in [2.24, 2.45) is 0 Å². The van der Waals surface area contributed by atoms with Gasteiger partial charge in [-0.3, -0.25) is 4.68 Å². The molecule has 5 heteroatoms. The highest BCUT2D eigenvalue weighted by molar-refractivity contribution is 5.52. The maximum absolute atomic E-state index is 5.98. The molecular formula is C15H21N5. The predicted octanol–water partition coefficient (Wildman–Crippen LogP) is 2.99. The fraction of sp³-hybridized carbons (Fsp3) is 0.533. The molecule has 2 N–H and O–H groups in total. The van der Waals surface area contributed by atoms with Crippen LogP contribution in [0.15, 0.2) is 18.3 Å². The maximum atomic E-state index is 5.98. The van der Waals surface area contributed by atoms with Crippen molar-refractivity contribution in [2.45, 2.75) is 51.5 Å². The zero-order chi connectivity index (χ0) is 13.9. The minimum absolute atomic E-state index is 0.543. The number of nitrogen functional groups attached to an aromatic ring is 1. The third-order valence-corrected chi connectivity index (χ3v) is 3.92. The maximum Gasteiger partial charge on any atom is 0.180 e. The standard InChI is InChI=1S/C15H21N5/c1-2-9-20-13(7-8-17-20)15-18-12(10-14(16)19-15)11-5-3-4-6-11/h7-8,10-11H,2-6,9H2,1H3,(H2,16,18,19). The van der Waals surface area contributed by atoms with Crippen LogP contribution in [0.5, 0.6) is 0 Å². The Kier molecular flexibility index (Phi) is 3.67. The molecule has 0 spiro atoms. The molecular weight excluding hydrogens is 250 g/mol. The first-order valence-corrected chi connectivity index (χ1v) is 7.44. The first-order chi connectivity index (χ1) is 9.78. The number of aryl methyl sites for hydroxylation is 1. The van der Waals surface area contributed by atoms with Crippen LogP contribution in [0.25, 0.3) is 11.5 Å². The van der Waals surface area contributed by atoms with Crippen LogP contribution in [0, 0.1) is 0 Å². The molecule has 106 valence electrons. The lowest BCUT2D eigenvalue weighted by Crippen LogP contribution is -2.07. The van der Waals surface area contributed by atoms with Gasteiger partial charge in [-0.1, -0.05) is 19.8 Å². The lowest BCUT2D eigenvalue weighted by molar-refractivity contribution is 0.605. The van der Waals surface area contributed by atoms with Crippen molar-refractivity contribution in [3.8, 4) is 11.5 Å². The van der Waals surface area contributed by atoms with Gasteiger partial charge in [-0.15, -0.1) is 0 Å². The van der Waals surface area contributed by atoms with Gasteiger partial charge in [0.2, 0.25) is 0 Å². The summed E-state index contributed by atoms with van der Waals surface area (Å²) in [6.07, 6.45) is 7.84. The van der Waals surface area contributed by atoms with Gasteiger partial charge in [0, 0.05) is 30.4 Å². The van der Waals surface area contributed by atoms with Crippen LogP contribution in [-0.2, 0) is 6.54 Å². The largest absolute Gasteiger partial charge is 0.384 e. The molecule has 3 rings (SSSR count). The molecule has 0 amide bonds. The van der Waals surface area contributed by atoms with E-state index in [-0.39, 0.29) is 0 Å². The molecule has 1 saturated carbocycles. The number of hydrogen-bond donors (Lipinski definition) is 1. The highest BCUT2D eigenvalue weighted by Crippen LogP contribution is 2.34. The molecule has 2 aromatic heterocycles. The van der Waals surface area contributed by atoms with Crippen LogP contribution in [-0.4, -0.2) is 19.7 Å². The van der Waals surface area contributed by atoms with E-state index >= 15 is 0 Å². The summed E-state index contributed by atoms with van der Waals surface area (Å²) in [5.41, 5.74) is 8.03. The SMILES string of the molecule is CCCn1nccc1-c1nc(N)cc(C2CCCC2)n1. The number of aromatic nitrogens is 4. The summed E-state index contributed by atoms with van der Waals surface area (Å²) in [6, 6.07) is 3.89. The average molecular weight is 271 g/mol. The summed E-state index contributed by atoms with van der Waals surface area (Å²) in [4.78, 5) is 9.15. The smallest absolute Gasteiger partial charge is 0.180 e. The summed E-state index contributed by atoms with van der Waals surface area (Å²) in [5, 5.41) is 4.34. The Morgan fingerprint density at radius 2 is 2.10 bits per heavy atom. The molecule has 0 atom stereocenters. The van der Waals surface area contributed by atoms with Crippen LogP contribution in [0.1, 0.15) is 50.6 Å². The van der Waals surface area contributed by atoms with Gasteiger partial charge >= 0.3 is 0 Å². The minimum atomic E-state index is 0.543. The molecule has 2 aromatic rings. The second kappa shape index (κ2) is 5.61. The van der Waals surface area contributed by atoms with Crippen molar-refractivity contribution in [1.82, 2.24) is 19.7 Å². The quantitative estimate of drug-likeness (QED) is 0.928. The molecule has 5 nitrogen and oxygen atoms in total. The molecule has 0 radical (unpaired) electrons. The first-order valence-electron chi connectivity index (χ1n) is 7.44. The summed E-state index contributed by atoms with van der Waals surface area (Å²) < 4.78 is 1.95. The van der Waals surface area contributed by atoms with Gasteiger partial charge in [0.05, 0.1) is 0 Å². The lowest BCUT2D eigenvalue weighted by atomic mass is 10.0. The van der Waals surface area contributed by atoms with E-state index in [0.717, 1.165) is 24.4 Å². The Morgan fingerprint density at radius 3 is 2.85 bits per heavy atom. The van der Waals surface area contributed by atoms with E-state index < -0.39 is 0 Å². The molecule has 0 aromatic carbocycles. The Morgan fingerprint density at radius 1 is 1.30 bits per heavy atom. The minimum Gasteiger partial charge on any atom is -0.384 e. The van der Waals surface area contributed by atoms with Gasteiger partial charge in [-0.05, 0) is 25.3 Å². The van der Waals surface area contributed by atoms with Gasteiger partial charge < -0.3 is 5.73 Å². The molecule has 2 heterocycles. The van der Waals surface area contributed by atoms with E-state index in [9.17, 15) is 0 Å². The number of anilines is 1. The Labute approximate surface area is 119 Å². The number of hydrogen-bond acceptors (Lipinski definition) is 4. The Bertz CT molecular complexity index is 584. The van der Waals surface area contributed by atoms with E-state index in [1.807, 2.05) is 16.8 Å². The molecule has 0 unspecified atom stereocenters. The number of nitrogens with zero attached hydrogens (tertiary/aromatic N) is 4. The van der Waals surface area contributed by atoms with Crippen LogP contribution in [0.2, 0.25) is 0 Å². The van der Waals surface area contributed by atoms with Crippen LogP contribution < -0.4 is 5.73 Å². The molecule has 1 fully saturated rings. The van der Waals surface area contributed by atoms with Crippen LogP contribution >= 0.6 is 0 Å². The molecule has 1 aliphatic carbocycles. The van der Waals surface area contributed by atoms with Crippen molar-refractivity contribution < 1.29 is 0 Å². The van der Waals surface area contributed by atoms with Crippen molar-refractivity contribution >= 4 is 5.82 Å². The van der Waals surface area contributed by atoms with E-state index in [2.05, 4.69) is 17.0 Å². The van der Waals surface area contributed by atoms with Gasteiger partial charge in [0.1, 0.15) is 11.5 Å². The van der Waals surface area contributed by atoms with Crippen LogP contribution in [0.4, 0.5) is 5.82 Å². The van der Waals surface area contributed by atoms with Gasteiger partial charge in [-0.25, -0.2) is 9.97 Å². The fourth-order valence-corrected chi connectivity index (χ4v) is 2.94. The second-order valence-corrected chi connectivity index (χ2v) is 5.46. The number of rotatable bonds is 4. The molecule has 0 saturated heterocycles. The third-order valence-electron chi connectivity index (χ3n) is 3.92. The van der Waals surface area contributed by atoms with Gasteiger partial charge in [-0.2, -0.15) is 5.10 Å². The van der Waals surface area contributed by atoms with Crippen molar-refractivity contribution in [3.05, 3.63) is 24.0 Å². The average Bonchev–Trinajstić information content (AvgIpc) is 3.09. The normalized spacial score (nSPS) is 15.8. The zero-order valence-electron chi connectivity index (χ0n) is 11.9. The summed E-state index contributed by atoms with van der Waals surface area (Å²) in [6.45, 7) is 3.01. The molecule has 0 bridgehead atoms. The molecule has 0 aliphatic heterocycles. The lowest BCUT2D eigenvalue weighted by Gasteiger charge is -2.11. The van der Waals surface area contributed by atoms with E-state index in [4.69, 9.17) is 10.7 Å². The summed E-state index contributed by atoms with van der Waals surface area (Å²) in [7, 11) is 0. The van der Waals surface area contributed by atoms with Crippen LogP contribution in [0.3, 0.4) is 0 Å². The number of nitrogens with two attached hydrogens (primary N) is 1. The predicted molar refractivity (Wildman–Crippen MR) is 79.2 cm³/mol. The van der Waals surface area contributed by atoms with Gasteiger partial charge in [0.15, 0.2) is 5.82 Å². The first kappa shape index (κ1) is 13.1. The fourth-order valence-electron chi connectivity index (χ4n) is 2.94. The molecule has 1 aliphatic rings. The third kappa shape index (κ3) is 2.53. The highest BCUT2D eigenvalue weighted by atomic mass is 15.3.